The second kappa shape index (κ2) is 3.85. The summed E-state index contributed by atoms with van der Waals surface area (Å²) in [6.07, 6.45) is 1.62. The molecule has 0 aromatic rings. The fraction of sp³-hybridized carbons (Fsp3) is 0.800. The number of hydrogen-bond donors (Lipinski definition) is 1. The van der Waals surface area contributed by atoms with Gasteiger partial charge in [-0.3, -0.25) is 4.79 Å². The van der Waals surface area contributed by atoms with Crippen LogP contribution in [-0.4, -0.2) is 29.4 Å². The van der Waals surface area contributed by atoms with Gasteiger partial charge in [-0.1, -0.05) is 26.1 Å². The summed E-state index contributed by atoms with van der Waals surface area (Å²) in [7, 11) is 1.81. The summed E-state index contributed by atoms with van der Waals surface area (Å²) < 4.78 is 0. The summed E-state index contributed by atoms with van der Waals surface area (Å²) in [4.78, 5) is 14.0. The lowest BCUT2D eigenvalue weighted by Crippen LogP contribution is -2.32. The van der Waals surface area contributed by atoms with Crippen molar-refractivity contribution in [2.45, 2.75) is 26.7 Å². The fourth-order valence-electron chi connectivity index (χ4n) is 1.54. The van der Waals surface area contributed by atoms with E-state index >= 15 is 0 Å². The minimum Gasteiger partial charge on any atom is -0.393 e. The van der Waals surface area contributed by atoms with Crippen molar-refractivity contribution in [2.24, 2.45) is 17.1 Å². The molecule has 3 nitrogen and oxygen atoms in total. The zero-order valence-corrected chi connectivity index (χ0v) is 9.86. The molecule has 14 heavy (non-hydrogen) atoms. The molecule has 0 aliphatic heterocycles. The Bertz CT molecular complexity index is 263. The molecular formula is C10H18N2OS. The van der Waals surface area contributed by atoms with Crippen molar-refractivity contribution >= 4 is 23.1 Å². The predicted molar refractivity (Wildman–Crippen MR) is 60.9 cm³/mol. The number of rotatable bonds is 4. The summed E-state index contributed by atoms with van der Waals surface area (Å²) in [5.74, 6) is 0.435. The molecule has 0 aromatic carbocycles. The van der Waals surface area contributed by atoms with Gasteiger partial charge >= 0.3 is 0 Å². The quantitative estimate of drug-likeness (QED) is 0.715. The van der Waals surface area contributed by atoms with Gasteiger partial charge in [-0.15, -0.1) is 0 Å². The average Bonchev–Trinajstić information content (AvgIpc) is 2.69. The molecule has 1 unspecified atom stereocenters. The van der Waals surface area contributed by atoms with E-state index in [0.717, 1.165) is 6.42 Å². The number of amides is 1. The second-order valence-electron chi connectivity index (χ2n) is 4.72. The van der Waals surface area contributed by atoms with Crippen molar-refractivity contribution in [3.05, 3.63) is 0 Å². The maximum atomic E-state index is 11.8. The molecule has 1 rings (SSSR count). The SMILES string of the molecule is CN(CCC(N)=S)C(=O)C1CC1(C)C. The lowest BCUT2D eigenvalue weighted by molar-refractivity contribution is -0.131. The van der Waals surface area contributed by atoms with E-state index in [9.17, 15) is 4.79 Å². The molecule has 0 aromatic heterocycles. The minimum absolute atomic E-state index is 0.203. The second-order valence-corrected chi connectivity index (χ2v) is 5.25. The van der Waals surface area contributed by atoms with Crippen LogP contribution in [-0.2, 0) is 4.79 Å². The first-order valence-electron chi connectivity index (χ1n) is 4.88. The predicted octanol–water partition coefficient (Wildman–Crippen LogP) is 1.17. The standard InChI is InChI=1S/C10H18N2OS/c1-10(2)6-7(10)9(13)12(3)5-4-8(11)14/h7H,4-6H2,1-3H3,(H2,11,14). The number of carbonyl (C=O) groups is 1. The topological polar surface area (TPSA) is 46.3 Å². The molecule has 1 aliphatic rings. The van der Waals surface area contributed by atoms with E-state index in [-0.39, 0.29) is 17.2 Å². The first-order chi connectivity index (χ1) is 6.34. The van der Waals surface area contributed by atoms with Crippen LogP contribution >= 0.6 is 12.2 Å². The summed E-state index contributed by atoms with van der Waals surface area (Å²) in [6.45, 7) is 4.88. The van der Waals surface area contributed by atoms with E-state index in [0.29, 0.717) is 18.0 Å². The van der Waals surface area contributed by atoms with Gasteiger partial charge in [0.2, 0.25) is 5.91 Å². The number of nitrogens with two attached hydrogens (primary N) is 1. The van der Waals surface area contributed by atoms with Gasteiger partial charge in [0.05, 0.1) is 4.99 Å². The highest BCUT2D eigenvalue weighted by Crippen LogP contribution is 2.52. The number of thiocarbonyl (C=S) groups is 1. The van der Waals surface area contributed by atoms with Crippen LogP contribution in [0.25, 0.3) is 0 Å². The molecule has 0 spiro atoms. The van der Waals surface area contributed by atoms with Gasteiger partial charge in [-0.25, -0.2) is 0 Å². The van der Waals surface area contributed by atoms with Crippen LogP contribution in [0.1, 0.15) is 26.7 Å². The van der Waals surface area contributed by atoms with Gasteiger partial charge in [0.25, 0.3) is 0 Å². The van der Waals surface area contributed by atoms with E-state index < -0.39 is 0 Å². The molecule has 1 atom stereocenters. The summed E-state index contributed by atoms with van der Waals surface area (Å²) in [5.41, 5.74) is 5.58. The Hall–Kier alpha value is -0.640. The highest BCUT2D eigenvalue weighted by Gasteiger charge is 2.51. The summed E-state index contributed by atoms with van der Waals surface area (Å²) in [5, 5.41) is 0. The molecule has 1 saturated carbocycles. The maximum absolute atomic E-state index is 11.8. The first-order valence-corrected chi connectivity index (χ1v) is 5.28. The van der Waals surface area contributed by atoms with Crippen molar-refractivity contribution in [1.29, 1.82) is 0 Å². The zero-order chi connectivity index (χ0) is 10.9. The molecule has 0 saturated heterocycles. The van der Waals surface area contributed by atoms with Crippen LogP contribution in [0.15, 0.2) is 0 Å². The molecule has 0 bridgehead atoms. The molecule has 0 heterocycles. The molecular weight excluding hydrogens is 196 g/mol. The van der Waals surface area contributed by atoms with Crippen LogP contribution in [0, 0.1) is 11.3 Å². The Kier molecular flexibility index (Phi) is 3.14. The normalized spacial score (nSPS) is 22.9. The zero-order valence-electron chi connectivity index (χ0n) is 9.04. The third-order valence-corrected chi connectivity index (χ3v) is 3.09. The number of hydrogen-bond acceptors (Lipinski definition) is 2. The van der Waals surface area contributed by atoms with E-state index in [1.54, 1.807) is 4.90 Å². The minimum atomic E-state index is 0.203. The van der Waals surface area contributed by atoms with Crippen molar-refractivity contribution in [3.63, 3.8) is 0 Å². The van der Waals surface area contributed by atoms with Crippen LogP contribution in [0.3, 0.4) is 0 Å². The van der Waals surface area contributed by atoms with Crippen LogP contribution in [0.2, 0.25) is 0 Å². The maximum Gasteiger partial charge on any atom is 0.225 e. The number of nitrogens with zero attached hydrogens (tertiary/aromatic N) is 1. The monoisotopic (exact) mass is 214 g/mol. The van der Waals surface area contributed by atoms with Crippen molar-refractivity contribution in [1.82, 2.24) is 4.90 Å². The largest absolute Gasteiger partial charge is 0.393 e. The molecule has 4 heteroatoms. The van der Waals surface area contributed by atoms with Gasteiger partial charge in [0.1, 0.15) is 0 Å². The molecule has 0 radical (unpaired) electrons. The Morgan fingerprint density at radius 3 is 2.50 bits per heavy atom. The average molecular weight is 214 g/mol. The van der Waals surface area contributed by atoms with Crippen molar-refractivity contribution in [3.8, 4) is 0 Å². The highest BCUT2D eigenvalue weighted by molar-refractivity contribution is 7.80. The Labute approximate surface area is 90.6 Å². The molecule has 2 N–H and O–H groups in total. The smallest absolute Gasteiger partial charge is 0.225 e. The molecule has 80 valence electrons. The van der Waals surface area contributed by atoms with Gasteiger partial charge in [0.15, 0.2) is 0 Å². The number of carbonyl (C=O) groups excluding carboxylic acids is 1. The lowest BCUT2D eigenvalue weighted by Gasteiger charge is -2.17. The van der Waals surface area contributed by atoms with E-state index in [4.69, 9.17) is 18.0 Å². The summed E-state index contributed by atoms with van der Waals surface area (Å²) >= 11 is 4.77. The van der Waals surface area contributed by atoms with Gasteiger partial charge in [-0.05, 0) is 11.8 Å². The first kappa shape index (κ1) is 11.4. The van der Waals surface area contributed by atoms with Gasteiger partial charge in [0, 0.05) is 25.9 Å². The van der Waals surface area contributed by atoms with Crippen molar-refractivity contribution < 1.29 is 4.79 Å². The van der Waals surface area contributed by atoms with E-state index in [1.165, 1.54) is 0 Å². The molecule has 1 amide bonds. The van der Waals surface area contributed by atoms with Crippen molar-refractivity contribution in [2.75, 3.05) is 13.6 Å². The third-order valence-electron chi connectivity index (χ3n) is 2.88. The van der Waals surface area contributed by atoms with Crippen LogP contribution in [0.5, 0.6) is 0 Å². The lowest BCUT2D eigenvalue weighted by atomic mass is 10.1. The molecule has 1 fully saturated rings. The molecule has 1 aliphatic carbocycles. The Morgan fingerprint density at radius 2 is 2.14 bits per heavy atom. The van der Waals surface area contributed by atoms with Crippen LogP contribution in [0.4, 0.5) is 0 Å². The highest BCUT2D eigenvalue weighted by atomic mass is 32.1. The third kappa shape index (κ3) is 2.67. The van der Waals surface area contributed by atoms with Gasteiger partial charge < -0.3 is 10.6 Å². The Balaban J connectivity index is 2.35. The summed E-state index contributed by atoms with van der Waals surface area (Å²) in [6, 6.07) is 0. The van der Waals surface area contributed by atoms with E-state index in [2.05, 4.69) is 13.8 Å². The Morgan fingerprint density at radius 1 is 1.64 bits per heavy atom. The van der Waals surface area contributed by atoms with E-state index in [1.807, 2.05) is 7.05 Å². The van der Waals surface area contributed by atoms with Gasteiger partial charge in [-0.2, -0.15) is 0 Å². The van der Waals surface area contributed by atoms with Crippen LogP contribution < -0.4 is 5.73 Å². The fourth-order valence-corrected chi connectivity index (χ4v) is 1.63.